The zero-order chi connectivity index (χ0) is 17.2. The third-order valence-corrected chi connectivity index (χ3v) is 2.74. The zero-order valence-corrected chi connectivity index (χ0v) is 11.1. The van der Waals surface area contributed by atoms with Crippen LogP contribution in [0.25, 0.3) is 0 Å². The zero-order valence-electron chi connectivity index (χ0n) is 11.1. The van der Waals surface area contributed by atoms with Crippen molar-refractivity contribution in [3.8, 4) is 0 Å². The van der Waals surface area contributed by atoms with E-state index in [2.05, 4.69) is 19.3 Å². The molecule has 2 aliphatic heterocycles. The second-order valence-electron chi connectivity index (χ2n) is 4.25. The SMILES string of the molecule is FC(F)(F)C1(OBOC2(C(F)(F)F)N=CC=CN2)N=CC=CN1. The molecule has 2 rings (SSSR count). The summed E-state index contributed by atoms with van der Waals surface area (Å²) in [5.74, 6) is -6.47. The maximum atomic E-state index is 13.0. The van der Waals surface area contributed by atoms with Crippen molar-refractivity contribution in [1.82, 2.24) is 10.6 Å². The van der Waals surface area contributed by atoms with Gasteiger partial charge in [-0.2, -0.15) is 26.3 Å². The minimum absolute atomic E-state index is 0.795. The predicted molar refractivity (Wildman–Crippen MR) is 68.4 cm³/mol. The molecule has 2 aliphatic rings. The highest BCUT2D eigenvalue weighted by Gasteiger charge is 2.60. The molecule has 23 heavy (non-hydrogen) atoms. The van der Waals surface area contributed by atoms with E-state index < -0.39 is 31.7 Å². The third-order valence-electron chi connectivity index (χ3n) is 2.74. The van der Waals surface area contributed by atoms with Crippen LogP contribution in [0.4, 0.5) is 26.3 Å². The molecule has 0 spiro atoms. The van der Waals surface area contributed by atoms with Gasteiger partial charge in [0, 0.05) is 24.8 Å². The number of rotatable bonds is 4. The molecule has 126 valence electrons. The molecule has 0 fully saturated rings. The predicted octanol–water partition coefficient (Wildman–Crippen LogP) is 1.09. The van der Waals surface area contributed by atoms with Crippen molar-refractivity contribution in [2.75, 3.05) is 0 Å². The van der Waals surface area contributed by atoms with Crippen LogP contribution in [-0.2, 0) is 9.31 Å². The molecule has 0 aliphatic carbocycles. The molecular formula is C10H9BF6N4O2. The largest absolute Gasteiger partial charge is 0.459 e. The van der Waals surface area contributed by atoms with Gasteiger partial charge in [-0.15, -0.1) is 0 Å². The van der Waals surface area contributed by atoms with Gasteiger partial charge >= 0.3 is 31.7 Å². The Morgan fingerprint density at radius 2 is 1.17 bits per heavy atom. The maximum absolute atomic E-state index is 13.0. The van der Waals surface area contributed by atoms with Crippen LogP contribution in [0, 0.1) is 0 Å². The number of nitrogens with one attached hydrogen (secondary N) is 2. The summed E-state index contributed by atoms with van der Waals surface area (Å²) >= 11 is 0. The summed E-state index contributed by atoms with van der Waals surface area (Å²) in [6.45, 7) is 0. The van der Waals surface area contributed by atoms with Crippen molar-refractivity contribution in [2.45, 2.75) is 24.1 Å². The number of alkyl halides is 6. The molecule has 0 saturated carbocycles. The van der Waals surface area contributed by atoms with E-state index in [4.69, 9.17) is 0 Å². The topological polar surface area (TPSA) is 67.2 Å². The first kappa shape index (κ1) is 17.3. The number of hydrogen-bond donors (Lipinski definition) is 2. The summed E-state index contributed by atoms with van der Waals surface area (Å²) in [5, 5.41) is 3.60. The van der Waals surface area contributed by atoms with Gasteiger partial charge in [0.1, 0.15) is 0 Å². The van der Waals surface area contributed by atoms with E-state index in [-0.39, 0.29) is 0 Å². The van der Waals surface area contributed by atoms with Gasteiger partial charge in [-0.25, -0.2) is 9.98 Å². The number of allylic oxidation sites excluding steroid dienone is 2. The van der Waals surface area contributed by atoms with Crippen molar-refractivity contribution in [1.29, 1.82) is 0 Å². The van der Waals surface area contributed by atoms with Crippen molar-refractivity contribution >= 4 is 20.1 Å². The second kappa shape index (κ2) is 5.89. The van der Waals surface area contributed by atoms with Crippen LogP contribution in [0.2, 0.25) is 0 Å². The van der Waals surface area contributed by atoms with E-state index in [0.29, 0.717) is 0 Å². The first-order valence-corrected chi connectivity index (χ1v) is 5.99. The Bertz CT molecular complexity index is 513. The monoisotopic (exact) mass is 342 g/mol. The standard InChI is InChI=1S/C10H9BF6N4O2/c12-7(13,14)9(18-3-1-4-19-9)22-11-23-10(8(15,16)17)20-5-2-6-21-10/h1-6,11,18,20H. The Morgan fingerprint density at radius 3 is 1.43 bits per heavy atom. The van der Waals surface area contributed by atoms with Crippen LogP contribution in [-0.4, -0.2) is 44.2 Å². The molecule has 2 unspecified atom stereocenters. The Morgan fingerprint density at radius 1 is 0.783 bits per heavy atom. The Kier molecular flexibility index (Phi) is 4.44. The molecule has 0 saturated heterocycles. The first-order valence-electron chi connectivity index (χ1n) is 5.99. The summed E-state index contributed by atoms with van der Waals surface area (Å²) in [5.41, 5.74) is 0. The molecule has 0 aromatic rings. The quantitative estimate of drug-likeness (QED) is 0.593. The van der Waals surface area contributed by atoms with E-state index in [1.807, 2.05) is 0 Å². The van der Waals surface area contributed by atoms with E-state index in [1.165, 1.54) is 0 Å². The molecular weight excluding hydrogens is 333 g/mol. The van der Waals surface area contributed by atoms with Crippen molar-refractivity contribution in [3.05, 3.63) is 24.6 Å². The van der Waals surface area contributed by atoms with Crippen molar-refractivity contribution in [3.63, 3.8) is 0 Å². The van der Waals surface area contributed by atoms with Crippen LogP contribution in [0.15, 0.2) is 34.5 Å². The summed E-state index contributed by atoms with van der Waals surface area (Å²) in [4.78, 5) is 6.19. The van der Waals surface area contributed by atoms with Gasteiger partial charge < -0.3 is 19.9 Å². The van der Waals surface area contributed by atoms with E-state index in [0.717, 1.165) is 37.0 Å². The maximum Gasteiger partial charge on any atom is 0.459 e. The molecule has 13 heteroatoms. The van der Waals surface area contributed by atoms with E-state index in [9.17, 15) is 26.3 Å². The fourth-order valence-electron chi connectivity index (χ4n) is 1.61. The highest BCUT2D eigenvalue weighted by molar-refractivity contribution is 6.18. The average molecular weight is 342 g/mol. The molecule has 2 atom stereocenters. The lowest BCUT2D eigenvalue weighted by atomic mass is 10.2. The molecule has 0 bridgehead atoms. The van der Waals surface area contributed by atoms with Crippen LogP contribution >= 0.6 is 0 Å². The lowest BCUT2D eigenvalue weighted by molar-refractivity contribution is -0.275. The number of aliphatic imine (C=N–C) groups is 2. The van der Waals surface area contributed by atoms with Gasteiger partial charge in [0.2, 0.25) is 0 Å². The van der Waals surface area contributed by atoms with Gasteiger partial charge in [0.25, 0.3) is 0 Å². The van der Waals surface area contributed by atoms with Crippen LogP contribution in [0.5, 0.6) is 0 Å². The van der Waals surface area contributed by atoms with Gasteiger partial charge in [0.05, 0.1) is 0 Å². The smallest absolute Gasteiger partial charge is 0.365 e. The molecule has 0 aromatic heterocycles. The third kappa shape index (κ3) is 3.34. The minimum atomic E-state index is -5.04. The molecule has 0 amide bonds. The highest BCUT2D eigenvalue weighted by atomic mass is 19.4. The Balaban J connectivity index is 2.10. The fourth-order valence-corrected chi connectivity index (χ4v) is 1.61. The summed E-state index contributed by atoms with van der Waals surface area (Å²) in [6.07, 6.45) is -4.39. The summed E-state index contributed by atoms with van der Waals surface area (Å²) < 4.78 is 87.0. The van der Waals surface area contributed by atoms with Crippen molar-refractivity contribution < 1.29 is 35.7 Å². The normalized spacial score (nSPS) is 30.0. The Hall–Kier alpha value is -2.02. The number of hydrogen-bond acceptors (Lipinski definition) is 6. The van der Waals surface area contributed by atoms with Gasteiger partial charge in [0.15, 0.2) is 0 Å². The van der Waals surface area contributed by atoms with Crippen LogP contribution in [0.3, 0.4) is 0 Å². The minimum Gasteiger partial charge on any atom is -0.365 e. The summed E-state index contributed by atoms with van der Waals surface area (Å²) in [6, 6.07) is 0. The number of halogens is 6. The summed E-state index contributed by atoms with van der Waals surface area (Å²) in [7, 11) is -1.39. The molecule has 0 radical (unpaired) electrons. The average Bonchev–Trinajstić information content (AvgIpc) is 2.47. The molecule has 2 heterocycles. The lowest BCUT2D eigenvalue weighted by Crippen LogP contribution is -2.60. The van der Waals surface area contributed by atoms with Crippen LogP contribution < -0.4 is 10.6 Å². The molecule has 2 N–H and O–H groups in total. The Labute approximate surface area is 126 Å². The van der Waals surface area contributed by atoms with E-state index >= 15 is 0 Å². The molecule has 6 nitrogen and oxygen atoms in total. The van der Waals surface area contributed by atoms with Gasteiger partial charge in [-0.3, -0.25) is 0 Å². The fraction of sp³-hybridized carbons (Fsp3) is 0.400. The molecule has 0 aromatic carbocycles. The van der Waals surface area contributed by atoms with Crippen molar-refractivity contribution in [2.24, 2.45) is 9.98 Å². The highest BCUT2D eigenvalue weighted by Crippen LogP contribution is 2.36. The van der Waals surface area contributed by atoms with Gasteiger partial charge in [-0.05, 0) is 12.2 Å². The lowest BCUT2D eigenvalue weighted by Gasteiger charge is -2.36. The van der Waals surface area contributed by atoms with Gasteiger partial charge in [-0.1, -0.05) is 0 Å². The van der Waals surface area contributed by atoms with E-state index in [1.54, 1.807) is 10.6 Å². The van der Waals surface area contributed by atoms with Crippen LogP contribution in [0.1, 0.15) is 0 Å². The second-order valence-corrected chi connectivity index (χ2v) is 4.25. The number of nitrogens with zero attached hydrogens (tertiary/aromatic N) is 2. The first-order chi connectivity index (χ1) is 10.6.